The number of anilines is 4. The van der Waals surface area contributed by atoms with Crippen LogP contribution >= 0.6 is 0 Å². The Morgan fingerprint density at radius 3 is 2.05 bits per heavy atom. The molecule has 2 amide bonds. The molecule has 0 atom stereocenters. The van der Waals surface area contributed by atoms with Gasteiger partial charge in [0.05, 0.1) is 25.5 Å². The Labute approximate surface area is 215 Å². The number of amides is 2. The van der Waals surface area contributed by atoms with E-state index in [1.165, 1.54) is 6.08 Å². The Bertz CT molecular complexity index is 1400. The summed E-state index contributed by atoms with van der Waals surface area (Å²) in [7, 11) is 3.11. The third-order valence-electron chi connectivity index (χ3n) is 5.47. The number of carbonyl (C=O) groups excluding carboxylic acids is 2. The summed E-state index contributed by atoms with van der Waals surface area (Å²) in [6.07, 6.45) is 3.05. The normalized spacial score (nSPS) is 10.5. The first-order valence-corrected chi connectivity index (χ1v) is 11.6. The molecule has 3 N–H and O–H groups in total. The molecular weight excluding hydrogens is 466 g/mol. The van der Waals surface area contributed by atoms with E-state index in [1.807, 2.05) is 60.7 Å². The lowest BCUT2D eigenvalue weighted by atomic mass is 10.1. The maximum Gasteiger partial charge on any atom is 0.257 e. The number of para-hydroxylation sites is 2. The molecule has 0 heterocycles. The first kappa shape index (κ1) is 25.1. The zero-order valence-corrected chi connectivity index (χ0v) is 20.5. The molecule has 0 fully saturated rings. The van der Waals surface area contributed by atoms with Gasteiger partial charge in [-0.25, -0.2) is 0 Å². The molecule has 0 spiro atoms. The van der Waals surface area contributed by atoms with Crippen molar-refractivity contribution < 1.29 is 19.1 Å². The fourth-order valence-electron chi connectivity index (χ4n) is 3.62. The van der Waals surface area contributed by atoms with E-state index in [4.69, 9.17) is 9.47 Å². The van der Waals surface area contributed by atoms with Crippen LogP contribution < -0.4 is 25.4 Å². The van der Waals surface area contributed by atoms with E-state index in [0.717, 1.165) is 16.9 Å². The van der Waals surface area contributed by atoms with Crippen LogP contribution in [0.1, 0.15) is 15.9 Å². The average Bonchev–Trinajstić information content (AvgIpc) is 2.93. The minimum atomic E-state index is -0.369. The van der Waals surface area contributed by atoms with Gasteiger partial charge in [0, 0.05) is 23.1 Å². The van der Waals surface area contributed by atoms with Crippen molar-refractivity contribution in [2.24, 2.45) is 0 Å². The number of hydrogen-bond donors (Lipinski definition) is 3. The summed E-state index contributed by atoms with van der Waals surface area (Å²) in [6.45, 7) is 0. The molecular formula is C30H27N3O4. The van der Waals surface area contributed by atoms with Gasteiger partial charge in [-0.05, 0) is 72.3 Å². The second-order valence-electron chi connectivity index (χ2n) is 8.01. The van der Waals surface area contributed by atoms with Gasteiger partial charge in [-0.15, -0.1) is 0 Å². The second kappa shape index (κ2) is 12.1. The Morgan fingerprint density at radius 2 is 1.32 bits per heavy atom. The molecule has 4 aromatic carbocycles. The van der Waals surface area contributed by atoms with Gasteiger partial charge in [-0.3, -0.25) is 9.59 Å². The highest BCUT2D eigenvalue weighted by Gasteiger charge is 2.13. The molecule has 4 aromatic rings. The van der Waals surface area contributed by atoms with Gasteiger partial charge in [0.25, 0.3) is 5.91 Å². The minimum absolute atomic E-state index is 0.330. The quantitative estimate of drug-likeness (QED) is 0.236. The zero-order valence-electron chi connectivity index (χ0n) is 20.5. The van der Waals surface area contributed by atoms with E-state index in [0.29, 0.717) is 28.4 Å². The van der Waals surface area contributed by atoms with Crippen LogP contribution in [0, 0.1) is 0 Å². The van der Waals surface area contributed by atoms with Crippen LogP contribution in [-0.4, -0.2) is 26.0 Å². The monoisotopic (exact) mass is 493 g/mol. The Kier molecular flexibility index (Phi) is 8.18. The van der Waals surface area contributed by atoms with E-state index >= 15 is 0 Å². The highest BCUT2D eigenvalue weighted by atomic mass is 16.5. The number of hydrogen-bond acceptors (Lipinski definition) is 5. The predicted molar refractivity (Wildman–Crippen MR) is 148 cm³/mol. The molecule has 0 saturated heterocycles. The van der Waals surface area contributed by atoms with Crippen LogP contribution in [0.2, 0.25) is 0 Å². The molecule has 7 heteroatoms. The van der Waals surface area contributed by atoms with Crippen LogP contribution in [0.3, 0.4) is 0 Å². The number of nitrogens with one attached hydrogen (secondary N) is 3. The molecule has 0 aliphatic carbocycles. The van der Waals surface area contributed by atoms with E-state index in [2.05, 4.69) is 16.0 Å². The lowest BCUT2D eigenvalue weighted by Crippen LogP contribution is -2.17. The number of ether oxygens (including phenoxy) is 2. The zero-order chi connectivity index (χ0) is 26.0. The Morgan fingerprint density at radius 1 is 0.676 bits per heavy atom. The fourth-order valence-corrected chi connectivity index (χ4v) is 3.62. The van der Waals surface area contributed by atoms with Crippen molar-refractivity contribution in [1.82, 2.24) is 0 Å². The maximum absolute atomic E-state index is 13.0. The minimum Gasteiger partial charge on any atom is -0.493 e. The number of methoxy groups -OCH3 is 2. The molecule has 0 aromatic heterocycles. The van der Waals surface area contributed by atoms with Crippen LogP contribution in [0.4, 0.5) is 22.7 Å². The standard InChI is InChI=1S/C30H27N3O4/c1-36-27-18-12-21(20-28(27)37-2)13-19-29(34)33-26-11-7-6-10-25(26)30(35)32-24-16-14-23(15-17-24)31-22-8-4-3-5-9-22/h3-20,31H,1-2H3,(H,32,35)(H,33,34)/b19-13+. The van der Waals surface area contributed by atoms with Gasteiger partial charge in [-0.1, -0.05) is 36.4 Å². The predicted octanol–water partition coefficient (Wildman–Crippen LogP) is 6.35. The number of benzene rings is 4. The summed E-state index contributed by atoms with van der Waals surface area (Å²) >= 11 is 0. The van der Waals surface area contributed by atoms with Gasteiger partial charge in [0.15, 0.2) is 11.5 Å². The van der Waals surface area contributed by atoms with Crippen LogP contribution in [0.5, 0.6) is 11.5 Å². The van der Waals surface area contributed by atoms with E-state index in [1.54, 1.807) is 56.7 Å². The van der Waals surface area contributed by atoms with Gasteiger partial charge < -0.3 is 25.4 Å². The van der Waals surface area contributed by atoms with Gasteiger partial charge in [-0.2, -0.15) is 0 Å². The molecule has 0 aliphatic rings. The molecule has 0 unspecified atom stereocenters. The van der Waals surface area contributed by atoms with Crippen molar-refractivity contribution in [3.63, 3.8) is 0 Å². The van der Waals surface area contributed by atoms with Gasteiger partial charge >= 0.3 is 0 Å². The number of rotatable bonds is 9. The second-order valence-corrected chi connectivity index (χ2v) is 8.01. The molecule has 0 aliphatic heterocycles. The van der Waals surface area contributed by atoms with Gasteiger partial charge in [0.1, 0.15) is 0 Å². The highest BCUT2D eigenvalue weighted by Crippen LogP contribution is 2.28. The first-order chi connectivity index (χ1) is 18.1. The largest absolute Gasteiger partial charge is 0.493 e. The first-order valence-electron chi connectivity index (χ1n) is 11.6. The average molecular weight is 494 g/mol. The van der Waals surface area contributed by atoms with Crippen molar-refractivity contribution >= 4 is 40.6 Å². The van der Waals surface area contributed by atoms with Crippen molar-refractivity contribution in [1.29, 1.82) is 0 Å². The number of carbonyl (C=O) groups is 2. The molecule has 186 valence electrons. The smallest absolute Gasteiger partial charge is 0.257 e. The van der Waals surface area contributed by atoms with Crippen LogP contribution in [0.25, 0.3) is 6.08 Å². The van der Waals surface area contributed by atoms with Crippen molar-refractivity contribution in [2.75, 3.05) is 30.2 Å². The van der Waals surface area contributed by atoms with Crippen molar-refractivity contribution in [3.05, 3.63) is 114 Å². The van der Waals surface area contributed by atoms with Gasteiger partial charge in [0.2, 0.25) is 5.91 Å². The third-order valence-corrected chi connectivity index (χ3v) is 5.47. The topological polar surface area (TPSA) is 88.7 Å². The van der Waals surface area contributed by atoms with E-state index in [-0.39, 0.29) is 11.8 Å². The van der Waals surface area contributed by atoms with E-state index < -0.39 is 0 Å². The van der Waals surface area contributed by atoms with E-state index in [9.17, 15) is 9.59 Å². The maximum atomic E-state index is 13.0. The molecule has 4 rings (SSSR count). The molecule has 0 bridgehead atoms. The summed E-state index contributed by atoms with van der Waals surface area (Å²) in [6, 6.07) is 29.4. The molecule has 0 saturated carbocycles. The lowest BCUT2D eigenvalue weighted by Gasteiger charge is -2.12. The highest BCUT2D eigenvalue weighted by molar-refractivity contribution is 6.11. The lowest BCUT2D eigenvalue weighted by molar-refractivity contribution is -0.111. The summed E-state index contributed by atoms with van der Waals surface area (Å²) in [4.78, 5) is 25.6. The van der Waals surface area contributed by atoms with Crippen molar-refractivity contribution in [2.45, 2.75) is 0 Å². The molecule has 7 nitrogen and oxygen atoms in total. The Balaban J connectivity index is 1.40. The summed E-state index contributed by atoms with van der Waals surface area (Å²) < 4.78 is 10.5. The molecule has 37 heavy (non-hydrogen) atoms. The molecule has 0 radical (unpaired) electrons. The summed E-state index contributed by atoms with van der Waals surface area (Å²) in [5, 5.41) is 8.97. The van der Waals surface area contributed by atoms with Crippen LogP contribution in [0.15, 0.2) is 103 Å². The SMILES string of the molecule is COc1ccc(/C=C/C(=O)Nc2ccccc2C(=O)Nc2ccc(Nc3ccccc3)cc2)cc1OC. The van der Waals surface area contributed by atoms with Crippen LogP contribution in [-0.2, 0) is 4.79 Å². The Hall–Kier alpha value is -5.04. The summed E-state index contributed by atoms with van der Waals surface area (Å²) in [5.74, 6) is 0.469. The van der Waals surface area contributed by atoms with Crippen molar-refractivity contribution in [3.8, 4) is 11.5 Å². The fraction of sp³-hybridized carbons (Fsp3) is 0.0667. The third kappa shape index (κ3) is 6.76. The summed E-state index contributed by atoms with van der Waals surface area (Å²) in [5.41, 5.74) is 4.04.